The molecule has 25 heavy (non-hydrogen) atoms. The first-order chi connectivity index (χ1) is 12.1. The summed E-state index contributed by atoms with van der Waals surface area (Å²) in [7, 11) is 0. The van der Waals surface area contributed by atoms with E-state index in [1.807, 2.05) is 19.1 Å². The van der Waals surface area contributed by atoms with Gasteiger partial charge in [0.1, 0.15) is 12.4 Å². The van der Waals surface area contributed by atoms with Crippen LogP contribution in [0.2, 0.25) is 0 Å². The summed E-state index contributed by atoms with van der Waals surface area (Å²) < 4.78 is 7.09. The van der Waals surface area contributed by atoms with Crippen molar-refractivity contribution < 1.29 is 9.53 Å². The van der Waals surface area contributed by atoms with Crippen molar-refractivity contribution >= 4 is 21.7 Å². The van der Waals surface area contributed by atoms with Gasteiger partial charge in [0.05, 0.1) is 15.5 Å². The molecular formula is C20H27BrN2O2. The Kier molecular flexibility index (Phi) is 4.91. The largest absolute Gasteiger partial charge is 0.490 e. The van der Waals surface area contributed by atoms with Gasteiger partial charge in [-0.25, -0.2) is 0 Å². The van der Waals surface area contributed by atoms with E-state index in [0.29, 0.717) is 6.61 Å². The minimum Gasteiger partial charge on any atom is -0.490 e. The number of halogens is 1. The number of aryl methyl sites for hydroxylation is 1. The average Bonchev–Trinajstić information content (AvgIpc) is 3.25. The fraction of sp³-hybridized carbons (Fsp3) is 0.650. The van der Waals surface area contributed by atoms with Crippen LogP contribution in [0, 0.1) is 12.3 Å². The highest BCUT2D eigenvalue weighted by Crippen LogP contribution is 2.41. The molecule has 2 fully saturated rings. The Bertz CT molecular complexity index is 646. The molecule has 0 unspecified atom stereocenters. The van der Waals surface area contributed by atoms with E-state index in [2.05, 4.69) is 25.7 Å². The second kappa shape index (κ2) is 7.01. The summed E-state index contributed by atoms with van der Waals surface area (Å²) in [5.41, 5.74) is 1.42. The third-order valence-corrected chi connectivity index (χ3v) is 6.45. The van der Waals surface area contributed by atoms with Crippen LogP contribution in [0.25, 0.3) is 0 Å². The Morgan fingerprint density at radius 2 is 1.60 bits per heavy atom. The van der Waals surface area contributed by atoms with Gasteiger partial charge in [0.25, 0.3) is 0 Å². The third-order valence-electron chi connectivity index (χ3n) is 5.86. The molecule has 136 valence electrons. The first kappa shape index (κ1) is 17.5. The smallest absolute Gasteiger partial charge is 0.178 e. The molecule has 0 spiro atoms. The number of benzene rings is 1. The van der Waals surface area contributed by atoms with Crippen molar-refractivity contribution in [3.63, 3.8) is 0 Å². The van der Waals surface area contributed by atoms with Gasteiger partial charge in [0, 0.05) is 13.1 Å². The van der Waals surface area contributed by atoms with Gasteiger partial charge in [-0.05, 0) is 92.4 Å². The molecule has 0 amide bonds. The van der Waals surface area contributed by atoms with Crippen LogP contribution in [-0.4, -0.2) is 61.5 Å². The molecule has 0 aliphatic carbocycles. The SMILES string of the molecule is Cc1cc(Br)c2c(c1)C(=O)C(CN1CCCC1)(CN1CCCC1)CO2. The monoisotopic (exact) mass is 406 g/mol. The summed E-state index contributed by atoms with van der Waals surface area (Å²) in [4.78, 5) is 18.6. The number of likely N-dealkylation sites (tertiary alicyclic amines) is 2. The lowest BCUT2D eigenvalue weighted by molar-refractivity contribution is 0.0359. The quantitative estimate of drug-likeness (QED) is 0.765. The molecule has 0 atom stereocenters. The van der Waals surface area contributed by atoms with Gasteiger partial charge in [-0.1, -0.05) is 0 Å². The van der Waals surface area contributed by atoms with E-state index in [9.17, 15) is 4.79 Å². The molecule has 5 heteroatoms. The lowest BCUT2D eigenvalue weighted by atomic mass is 9.77. The number of ether oxygens (including phenoxy) is 1. The first-order valence-electron chi connectivity index (χ1n) is 9.50. The van der Waals surface area contributed by atoms with Gasteiger partial charge in [-0.15, -0.1) is 0 Å². The van der Waals surface area contributed by atoms with E-state index in [1.165, 1.54) is 25.7 Å². The van der Waals surface area contributed by atoms with Crippen molar-refractivity contribution in [3.8, 4) is 5.75 Å². The number of rotatable bonds is 4. The standard InChI is InChI=1S/C20H27BrN2O2/c1-15-10-16-18(17(21)11-15)25-14-20(19(16)24,12-22-6-2-3-7-22)13-23-8-4-5-9-23/h10-11H,2-9,12-14H2,1H3. The highest BCUT2D eigenvalue weighted by molar-refractivity contribution is 9.10. The summed E-state index contributed by atoms with van der Waals surface area (Å²) in [6.45, 7) is 8.63. The molecule has 3 aliphatic rings. The van der Waals surface area contributed by atoms with E-state index < -0.39 is 5.41 Å². The summed E-state index contributed by atoms with van der Waals surface area (Å²) in [6, 6.07) is 4.03. The maximum atomic E-state index is 13.7. The lowest BCUT2D eigenvalue weighted by Crippen LogP contribution is -2.54. The van der Waals surface area contributed by atoms with Crippen molar-refractivity contribution in [1.82, 2.24) is 9.80 Å². The van der Waals surface area contributed by atoms with Crippen molar-refractivity contribution in [2.24, 2.45) is 5.41 Å². The molecule has 1 aromatic rings. The van der Waals surface area contributed by atoms with E-state index in [4.69, 9.17) is 4.74 Å². The van der Waals surface area contributed by atoms with Crippen LogP contribution >= 0.6 is 15.9 Å². The Balaban J connectivity index is 1.68. The molecule has 0 radical (unpaired) electrons. The van der Waals surface area contributed by atoms with E-state index >= 15 is 0 Å². The zero-order valence-corrected chi connectivity index (χ0v) is 16.6. The molecule has 0 saturated carbocycles. The van der Waals surface area contributed by atoms with Gasteiger partial charge < -0.3 is 14.5 Å². The van der Waals surface area contributed by atoms with E-state index in [0.717, 1.165) is 60.6 Å². The number of carbonyl (C=O) groups is 1. The van der Waals surface area contributed by atoms with Crippen LogP contribution in [0.3, 0.4) is 0 Å². The van der Waals surface area contributed by atoms with E-state index in [-0.39, 0.29) is 5.78 Å². The minimum absolute atomic E-state index is 0.275. The molecule has 4 rings (SSSR count). The summed E-state index contributed by atoms with van der Waals surface area (Å²) in [5, 5.41) is 0. The Morgan fingerprint density at radius 3 is 2.16 bits per heavy atom. The van der Waals surface area contributed by atoms with Gasteiger partial charge in [0.15, 0.2) is 5.78 Å². The predicted molar refractivity (Wildman–Crippen MR) is 102 cm³/mol. The molecule has 0 N–H and O–H groups in total. The van der Waals surface area contributed by atoms with Crippen LogP contribution in [0.4, 0.5) is 0 Å². The summed E-state index contributed by atoms with van der Waals surface area (Å²) >= 11 is 3.58. The van der Waals surface area contributed by atoms with Gasteiger partial charge in [-0.3, -0.25) is 4.79 Å². The molecule has 3 heterocycles. The molecule has 2 saturated heterocycles. The maximum absolute atomic E-state index is 13.7. The number of carbonyl (C=O) groups excluding carboxylic acids is 1. The molecule has 0 bridgehead atoms. The van der Waals surface area contributed by atoms with Crippen molar-refractivity contribution in [3.05, 3.63) is 27.7 Å². The van der Waals surface area contributed by atoms with Crippen molar-refractivity contribution in [1.29, 1.82) is 0 Å². The first-order valence-corrected chi connectivity index (χ1v) is 10.3. The van der Waals surface area contributed by atoms with Crippen LogP contribution in [0.15, 0.2) is 16.6 Å². The predicted octanol–water partition coefficient (Wildman–Crippen LogP) is 3.51. The number of nitrogens with zero attached hydrogens (tertiary/aromatic N) is 2. The lowest BCUT2D eigenvalue weighted by Gasteiger charge is -2.41. The topological polar surface area (TPSA) is 32.8 Å². The highest BCUT2D eigenvalue weighted by Gasteiger charge is 2.47. The highest BCUT2D eigenvalue weighted by atomic mass is 79.9. The molecular weight excluding hydrogens is 380 g/mol. The fourth-order valence-corrected chi connectivity index (χ4v) is 5.32. The molecule has 0 aromatic heterocycles. The van der Waals surface area contributed by atoms with Gasteiger partial charge in [-0.2, -0.15) is 0 Å². The normalized spacial score (nSPS) is 23.7. The van der Waals surface area contributed by atoms with Crippen LogP contribution in [-0.2, 0) is 0 Å². The fourth-order valence-electron chi connectivity index (χ4n) is 4.63. The Hall–Kier alpha value is -0.910. The maximum Gasteiger partial charge on any atom is 0.178 e. The molecule has 1 aromatic carbocycles. The van der Waals surface area contributed by atoms with Gasteiger partial charge >= 0.3 is 0 Å². The van der Waals surface area contributed by atoms with Crippen molar-refractivity contribution in [2.45, 2.75) is 32.6 Å². The van der Waals surface area contributed by atoms with Crippen LogP contribution in [0.5, 0.6) is 5.75 Å². The number of ketones is 1. The number of fused-ring (bicyclic) bond motifs is 1. The van der Waals surface area contributed by atoms with Gasteiger partial charge in [0.2, 0.25) is 0 Å². The Labute approximate surface area is 158 Å². The Morgan fingerprint density at radius 1 is 1.04 bits per heavy atom. The van der Waals surface area contributed by atoms with Crippen LogP contribution < -0.4 is 4.74 Å². The number of Topliss-reactive ketones (excluding diaryl/α,β-unsaturated/α-hetero) is 1. The summed E-state index contributed by atoms with van der Waals surface area (Å²) in [5.74, 6) is 1.01. The average molecular weight is 407 g/mol. The number of hydrogen-bond donors (Lipinski definition) is 0. The minimum atomic E-state index is -0.436. The zero-order chi connectivity index (χ0) is 17.4. The third kappa shape index (κ3) is 3.38. The molecule has 3 aliphatic heterocycles. The molecule has 4 nitrogen and oxygen atoms in total. The van der Waals surface area contributed by atoms with Crippen molar-refractivity contribution in [2.75, 3.05) is 45.9 Å². The number of hydrogen-bond acceptors (Lipinski definition) is 4. The zero-order valence-electron chi connectivity index (χ0n) is 15.0. The van der Waals surface area contributed by atoms with E-state index in [1.54, 1.807) is 0 Å². The second-order valence-electron chi connectivity index (χ2n) is 7.99. The summed E-state index contributed by atoms with van der Waals surface area (Å²) in [6.07, 6.45) is 4.98. The van der Waals surface area contributed by atoms with Crippen LogP contribution in [0.1, 0.15) is 41.6 Å². The second-order valence-corrected chi connectivity index (χ2v) is 8.84.